The molecule has 1 aliphatic carbocycles. The largest absolute Gasteiger partial charge is 0.504 e. The number of nitrogens with two attached hydrogens (primary N) is 3. The first kappa shape index (κ1) is 53.5. The van der Waals surface area contributed by atoms with E-state index in [0.717, 1.165) is 24.8 Å². The number of ether oxygens (including phenoxy) is 2. The predicted molar refractivity (Wildman–Crippen MR) is 257 cm³/mol. The zero-order chi connectivity index (χ0) is 52.1. The Bertz CT molecular complexity index is 2770. The summed E-state index contributed by atoms with van der Waals surface area (Å²) in [7, 11) is -3.37. The maximum atomic E-state index is 14.9. The number of rotatable bonds is 18. The molecule has 1 aliphatic heterocycles. The highest BCUT2D eigenvalue weighted by molar-refractivity contribution is 7.87. The van der Waals surface area contributed by atoms with E-state index in [0.29, 0.717) is 17.0 Å². The standard InChI is InChI=1S/C47H60N10O13S/c1-23-38(24(2)53-41(52-23)27-7-9-29(10-8-27)47(4)12-13-47)43(62)56-35(20-51-71(50,67)68)45(64)57(5)39-28-16-33(40(60)37(17-28)70-22-31(59)19-49)32-14-26(6-11-36(32)69-21-30(58)18-48)15-34(46(65)66)55-42(61)25(3)54-44(39)63/h6-11,14,16-17,25,30-31,34-35,39,51,58-60H,12-13,15,18-22,48-49H2,1-5H3,(H,54,63)(H,55,61)(H,56,62)(H,65,66)(H2,50,67,68)/t25-,30+,31+,34-,35-,39-/m0/s1. The van der Waals surface area contributed by atoms with E-state index in [9.17, 15) is 52.8 Å². The predicted octanol–water partition coefficient (Wildman–Crippen LogP) is -0.697. The van der Waals surface area contributed by atoms with E-state index in [2.05, 4.69) is 32.8 Å². The van der Waals surface area contributed by atoms with Crippen LogP contribution in [0.3, 0.4) is 0 Å². The van der Waals surface area contributed by atoms with E-state index in [1.807, 2.05) is 29.0 Å². The number of aliphatic hydroxyl groups excluding tert-OH is 2. The summed E-state index contributed by atoms with van der Waals surface area (Å²) >= 11 is 0. The lowest BCUT2D eigenvalue weighted by Crippen LogP contribution is -2.57. The monoisotopic (exact) mass is 1000 g/mol. The number of aliphatic hydroxyl groups is 2. The summed E-state index contributed by atoms with van der Waals surface area (Å²) in [5, 5.41) is 55.5. The minimum absolute atomic E-state index is 0.0176. The van der Waals surface area contributed by atoms with Crippen molar-refractivity contribution in [2.45, 2.75) is 88.7 Å². The van der Waals surface area contributed by atoms with Gasteiger partial charge in [0.2, 0.25) is 17.7 Å². The highest BCUT2D eigenvalue weighted by atomic mass is 32.2. The second-order valence-electron chi connectivity index (χ2n) is 18.0. The average molecular weight is 1010 g/mol. The van der Waals surface area contributed by atoms with Crippen LogP contribution in [-0.2, 0) is 41.2 Å². The van der Waals surface area contributed by atoms with Crippen LogP contribution in [0.2, 0.25) is 0 Å². The van der Waals surface area contributed by atoms with Gasteiger partial charge in [-0.2, -0.15) is 13.1 Å². The third-order valence-electron chi connectivity index (χ3n) is 12.4. The molecule has 1 saturated carbocycles. The second-order valence-corrected chi connectivity index (χ2v) is 19.4. The first-order valence-corrected chi connectivity index (χ1v) is 24.1. The molecule has 2 heterocycles. The number of phenols is 1. The normalized spacial score (nSPS) is 18.9. The molecule has 6 rings (SSSR count). The lowest BCUT2D eigenvalue weighted by Gasteiger charge is -2.33. The molecule has 2 aliphatic rings. The van der Waals surface area contributed by atoms with Gasteiger partial charge in [-0.25, -0.2) is 19.9 Å². The van der Waals surface area contributed by atoms with E-state index in [1.54, 1.807) is 13.8 Å². The molecular formula is C47H60N10O13S. The fourth-order valence-corrected chi connectivity index (χ4v) is 8.37. The van der Waals surface area contributed by atoms with Crippen LogP contribution in [0, 0.1) is 13.8 Å². The number of carboxylic acid groups (broad SMARTS) is 1. The number of carbonyl (C=O) groups excluding carboxylic acids is 4. The fraction of sp³-hybridized carbons (Fsp3) is 0.426. The van der Waals surface area contributed by atoms with Crippen LogP contribution < -0.4 is 46.8 Å². The minimum Gasteiger partial charge on any atom is -0.504 e. The van der Waals surface area contributed by atoms with Crippen LogP contribution in [-0.4, -0.2) is 144 Å². The number of aliphatic carboxylic acids is 1. The van der Waals surface area contributed by atoms with Gasteiger partial charge < -0.3 is 62.2 Å². The molecule has 71 heavy (non-hydrogen) atoms. The quantitative estimate of drug-likeness (QED) is 0.0587. The molecular weight excluding hydrogens is 945 g/mol. The number of aryl methyl sites for hydroxylation is 2. The van der Waals surface area contributed by atoms with E-state index in [-0.39, 0.29) is 76.7 Å². The third-order valence-corrected chi connectivity index (χ3v) is 12.9. The van der Waals surface area contributed by atoms with Crippen LogP contribution in [0.1, 0.15) is 71.2 Å². The molecule has 0 radical (unpaired) electrons. The lowest BCUT2D eigenvalue weighted by atomic mass is 9.93. The summed E-state index contributed by atoms with van der Waals surface area (Å²) in [5.41, 5.74) is 13.8. The molecule has 24 heteroatoms. The lowest BCUT2D eigenvalue weighted by molar-refractivity contribution is -0.143. The number of benzene rings is 3. The Morgan fingerprint density at radius 2 is 1.51 bits per heavy atom. The molecule has 382 valence electrons. The fourth-order valence-electron chi connectivity index (χ4n) is 7.97. The van der Waals surface area contributed by atoms with E-state index in [1.165, 1.54) is 42.8 Å². The number of phenolic OH excluding ortho intramolecular Hbond substituents is 1. The third kappa shape index (κ3) is 12.9. The van der Waals surface area contributed by atoms with Gasteiger partial charge in [0.15, 0.2) is 17.3 Å². The number of aromatic nitrogens is 2. The zero-order valence-electron chi connectivity index (χ0n) is 39.8. The van der Waals surface area contributed by atoms with Gasteiger partial charge in [-0.15, -0.1) is 0 Å². The van der Waals surface area contributed by atoms with Gasteiger partial charge in [-0.3, -0.25) is 19.2 Å². The van der Waals surface area contributed by atoms with Crippen molar-refractivity contribution in [2.75, 3.05) is 39.9 Å². The summed E-state index contributed by atoms with van der Waals surface area (Å²) in [6.07, 6.45) is -0.517. The topological polar surface area (TPSA) is 374 Å². The molecule has 0 spiro atoms. The summed E-state index contributed by atoms with van der Waals surface area (Å²) in [4.78, 5) is 79.9. The SMILES string of the molecule is Cc1nc(-c2ccc(C3(C)CC3)cc2)nc(C)c1C(=O)N[C@@H](CNS(N)(=O)=O)C(=O)N(C)[C@@H]1C(=O)N[C@@H](C)C(=O)N[C@H](C(=O)O)Cc2ccc(OC[C@H](O)CN)c(c2)-c2cc1cc(OC[C@H](O)CN)c2O. The molecule has 3 aromatic carbocycles. The number of fused-ring (bicyclic) bond motifs is 5. The second kappa shape index (κ2) is 22.1. The van der Waals surface area contributed by atoms with Gasteiger partial charge in [0.05, 0.1) is 17.0 Å². The number of nitrogens with zero attached hydrogens (tertiary/aromatic N) is 3. The van der Waals surface area contributed by atoms with Crippen molar-refractivity contribution in [3.8, 4) is 39.8 Å². The highest BCUT2D eigenvalue weighted by Crippen LogP contribution is 2.48. The molecule has 4 aromatic rings. The van der Waals surface area contributed by atoms with Crippen LogP contribution in [0.25, 0.3) is 22.5 Å². The number of nitrogens with one attached hydrogen (secondary N) is 4. The number of aromatic hydroxyl groups is 1. The zero-order valence-corrected chi connectivity index (χ0v) is 40.6. The Morgan fingerprint density at radius 1 is 0.901 bits per heavy atom. The van der Waals surface area contributed by atoms with Crippen molar-refractivity contribution < 1.29 is 62.3 Å². The smallest absolute Gasteiger partial charge is 0.326 e. The molecule has 14 N–H and O–H groups in total. The van der Waals surface area contributed by atoms with Crippen LogP contribution in [0.5, 0.6) is 17.2 Å². The first-order valence-electron chi connectivity index (χ1n) is 22.6. The molecule has 1 fully saturated rings. The Hall–Kier alpha value is -6.80. The van der Waals surface area contributed by atoms with Crippen molar-refractivity contribution >= 4 is 39.8 Å². The molecule has 4 bridgehead atoms. The van der Waals surface area contributed by atoms with Crippen molar-refractivity contribution in [3.05, 3.63) is 88.2 Å². The maximum absolute atomic E-state index is 14.9. The average Bonchev–Trinajstić information content (AvgIpc) is 4.08. The first-order chi connectivity index (χ1) is 33.4. The van der Waals surface area contributed by atoms with E-state index in [4.69, 9.17) is 26.1 Å². The summed E-state index contributed by atoms with van der Waals surface area (Å²) in [5.74, 6) is -5.99. The van der Waals surface area contributed by atoms with Crippen molar-refractivity contribution in [1.29, 1.82) is 0 Å². The Morgan fingerprint density at radius 3 is 2.07 bits per heavy atom. The number of hydrogen-bond acceptors (Lipinski definition) is 16. The van der Waals surface area contributed by atoms with Crippen molar-refractivity contribution in [1.82, 2.24) is 35.5 Å². The Kier molecular flexibility index (Phi) is 16.7. The van der Waals surface area contributed by atoms with Crippen LogP contribution in [0.15, 0.2) is 54.6 Å². The number of carboxylic acids is 1. The van der Waals surface area contributed by atoms with Gasteiger partial charge in [0.1, 0.15) is 55.3 Å². The van der Waals surface area contributed by atoms with Crippen LogP contribution >= 0.6 is 0 Å². The minimum atomic E-state index is -4.51. The van der Waals surface area contributed by atoms with Gasteiger partial charge >= 0.3 is 5.97 Å². The number of likely N-dealkylation sites (N-methyl/N-ethyl adjacent to an activating group) is 1. The Labute approximate surface area is 409 Å². The number of carbonyl (C=O) groups is 5. The van der Waals surface area contributed by atoms with Crippen molar-refractivity contribution in [2.24, 2.45) is 16.6 Å². The molecule has 0 saturated heterocycles. The summed E-state index contributed by atoms with van der Waals surface area (Å²) in [6, 6.07) is 8.00. The molecule has 0 unspecified atom stereocenters. The van der Waals surface area contributed by atoms with Crippen molar-refractivity contribution in [3.63, 3.8) is 0 Å². The van der Waals surface area contributed by atoms with E-state index >= 15 is 0 Å². The Balaban J connectivity index is 1.46. The van der Waals surface area contributed by atoms with Gasteiger partial charge in [0, 0.05) is 49.8 Å². The highest BCUT2D eigenvalue weighted by Gasteiger charge is 2.40. The molecule has 23 nitrogen and oxygen atoms in total. The maximum Gasteiger partial charge on any atom is 0.326 e. The van der Waals surface area contributed by atoms with E-state index < -0.39 is 95.1 Å². The molecule has 4 amide bonds. The number of hydrogen-bond donors (Lipinski definition) is 11. The van der Waals surface area contributed by atoms with Gasteiger partial charge in [0.25, 0.3) is 16.1 Å². The van der Waals surface area contributed by atoms with Gasteiger partial charge in [-0.05, 0) is 80.0 Å². The molecule has 6 atom stereocenters. The van der Waals surface area contributed by atoms with Crippen LogP contribution in [0.4, 0.5) is 0 Å². The van der Waals surface area contributed by atoms with Gasteiger partial charge in [-0.1, -0.05) is 37.3 Å². The number of amides is 4. The summed E-state index contributed by atoms with van der Waals surface area (Å²) in [6.45, 7) is 4.47. The summed E-state index contributed by atoms with van der Waals surface area (Å²) < 4.78 is 38.4. The molecule has 1 aromatic heterocycles.